The van der Waals surface area contributed by atoms with Gasteiger partial charge in [-0.2, -0.15) is 13.2 Å². The second kappa shape index (κ2) is 8.62. The van der Waals surface area contributed by atoms with Crippen molar-refractivity contribution in [3.63, 3.8) is 0 Å². The summed E-state index contributed by atoms with van der Waals surface area (Å²) in [5.74, 6) is -12.6. The Hall–Kier alpha value is -2.58. The highest BCUT2D eigenvalue weighted by atomic mass is 19.4. The number of halogens is 8. The van der Waals surface area contributed by atoms with Gasteiger partial charge in [0.05, 0.1) is 18.1 Å². The van der Waals surface area contributed by atoms with E-state index in [-0.39, 0.29) is 5.56 Å². The molecule has 0 saturated heterocycles. The van der Waals surface area contributed by atoms with Crippen LogP contribution in [0.15, 0.2) is 30.3 Å². The fourth-order valence-electron chi connectivity index (χ4n) is 2.51. The number of allylic oxidation sites excluding steroid dienone is 1. The van der Waals surface area contributed by atoms with Crippen molar-refractivity contribution in [2.45, 2.75) is 25.4 Å². The fourth-order valence-corrected chi connectivity index (χ4v) is 2.51. The van der Waals surface area contributed by atoms with Gasteiger partial charge in [-0.3, -0.25) is 0 Å². The molecular weight excluding hydrogens is 396 g/mol. The molecule has 0 amide bonds. The summed E-state index contributed by atoms with van der Waals surface area (Å²) in [6, 6.07) is 5.06. The molecule has 0 aliphatic rings. The van der Waals surface area contributed by atoms with Gasteiger partial charge in [-0.05, 0) is 31.0 Å². The normalized spacial score (nSPS) is 13.2. The maximum Gasteiger partial charge on any atom is 0.396 e. The molecule has 0 aliphatic heterocycles. The van der Waals surface area contributed by atoms with E-state index < -0.39 is 53.2 Å². The van der Waals surface area contributed by atoms with E-state index in [1.165, 1.54) is 24.3 Å². The molecule has 1 unspecified atom stereocenters. The zero-order valence-corrected chi connectivity index (χ0v) is 14.4. The van der Waals surface area contributed by atoms with Crippen LogP contribution in [0.3, 0.4) is 0 Å². The predicted molar refractivity (Wildman–Crippen MR) is 86.3 cm³/mol. The first kappa shape index (κ1) is 21.7. The molecule has 0 aliphatic carbocycles. The van der Waals surface area contributed by atoms with Crippen LogP contribution < -0.4 is 4.74 Å². The van der Waals surface area contributed by atoms with Crippen LogP contribution in [0.4, 0.5) is 35.1 Å². The van der Waals surface area contributed by atoms with Crippen molar-refractivity contribution in [1.29, 1.82) is 0 Å². The molecule has 1 nitrogen and oxygen atoms in total. The van der Waals surface area contributed by atoms with Crippen molar-refractivity contribution < 1.29 is 39.9 Å². The van der Waals surface area contributed by atoms with E-state index >= 15 is 0 Å². The van der Waals surface area contributed by atoms with Crippen LogP contribution in [0.5, 0.6) is 5.75 Å². The molecule has 0 bridgehead atoms. The lowest BCUT2D eigenvalue weighted by Gasteiger charge is -2.19. The molecule has 2 rings (SSSR count). The average molecular weight is 410 g/mol. The van der Waals surface area contributed by atoms with Crippen molar-refractivity contribution in [3.8, 4) is 5.75 Å². The molecule has 0 N–H and O–H groups in total. The molecule has 2 aromatic rings. The number of ether oxygens (including phenoxy) is 1. The van der Waals surface area contributed by atoms with Gasteiger partial charge in [0.25, 0.3) is 0 Å². The zero-order chi connectivity index (χ0) is 21.1. The smallest absolute Gasteiger partial charge is 0.396 e. The van der Waals surface area contributed by atoms with Crippen molar-refractivity contribution in [2.75, 3.05) is 6.61 Å². The van der Waals surface area contributed by atoms with Crippen molar-refractivity contribution in [1.82, 2.24) is 0 Å². The molecule has 9 heteroatoms. The third-order valence-corrected chi connectivity index (χ3v) is 3.89. The van der Waals surface area contributed by atoms with Gasteiger partial charge in [0, 0.05) is 0 Å². The van der Waals surface area contributed by atoms with Crippen LogP contribution in [-0.2, 0) is 0 Å². The fraction of sp³-hybridized carbons (Fsp3) is 0.263. The largest absolute Gasteiger partial charge is 0.494 e. The number of hydrogen-bond acceptors (Lipinski definition) is 1. The SMILES string of the molecule is CCOc1ccc(C(CC=Cc2c(F)c(F)c(F)c(F)c2F)C(F)(F)F)cc1. The second-order valence-corrected chi connectivity index (χ2v) is 5.72. The highest BCUT2D eigenvalue weighted by Gasteiger charge is 2.39. The van der Waals surface area contributed by atoms with E-state index in [4.69, 9.17) is 4.74 Å². The summed E-state index contributed by atoms with van der Waals surface area (Å²) in [7, 11) is 0. The summed E-state index contributed by atoms with van der Waals surface area (Å²) in [5, 5.41) is 0. The van der Waals surface area contributed by atoms with Gasteiger partial charge in [-0.25, -0.2) is 22.0 Å². The minimum absolute atomic E-state index is 0.141. The Bertz CT molecular complexity index is 827. The number of rotatable bonds is 6. The summed E-state index contributed by atoms with van der Waals surface area (Å²) in [6.45, 7) is 2.03. The van der Waals surface area contributed by atoms with Gasteiger partial charge in [0.15, 0.2) is 23.3 Å². The summed E-state index contributed by atoms with van der Waals surface area (Å²) < 4.78 is 112. The van der Waals surface area contributed by atoms with E-state index in [0.717, 1.165) is 0 Å². The quantitative estimate of drug-likeness (QED) is 0.299. The Morgan fingerprint density at radius 3 is 1.82 bits per heavy atom. The van der Waals surface area contributed by atoms with E-state index in [2.05, 4.69) is 0 Å². The van der Waals surface area contributed by atoms with Crippen molar-refractivity contribution in [2.24, 2.45) is 0 Å². The van der Waals surface area contributed by atoms with E-state index in [0.29, 0.717) is 24.5 Å². The third kappa shape index (κ3) is 4.63. The molecule has 28 heavy (non-hydrogen) atoms. The third-order valence-electron chi connectivity index (χ3n) is 3.89. The average Bonchev–Trinajstić information content (AvgIpc) is 2.64. The van der Waals surface area contributed by atoms with Gasteiger partial charge in [-0.1, -0.05) is 24.3 Å². The van der Waals surface area contributed by atoms with Crippen molar-refractivity contribution in [3.05, 3.63) is 70.6 Å². The Morgan fingerprint density at radius 1 is 0.857 bits per heavy atom. The number of hydrogen-bond donors (Lipinski definition) is 0. The highest BCUT2D eigenvalue weighted by molar-refractivity contribution is 5.51. The first-order chi connectivity index (χ1) is 13.1. The minimum atomic E-state index is -4.70. The Balaban J connectivity index is 2.30. The minimum Gasteiger partial charge on any atom is -0.494 e. The Morgan fingerprint density at radius 2 is 1.36 bits per heavy atom. The topological polar surface area (TPSA) is 9.23 Å². The highest BCUT2D eigenvalue weighted by Crippen LogP contribution is 2.38. The molecule has 1 atom stereocenters. The van der Waals surface area contributed by atoms with Gasteiger partial charge in [0.2, 0.25) is 5.82 Å². The standard InChI is InChI=1S/C19H14F8O/c1-2-28-11-8-6-10(7-9-11)13(19(25,26)27)5-3-4-12-14(20)16(22)18(24)17(23)15(12)21/h3-4,6-9,13H,2,5H2,1H3. The molecule has 0 heterocycles. The Kier molecular flexibility index (Phi) is 6.69. The number of alkyl halides is 3. The lowest BCUT2D eigenvalue weighted by Crippen LogP contribution is -2.20. The van der Waals surface area contributed by atoms with Crippen LogP contribution in [0.1, 0.15) is 30.4 Å². The summed E-state index contributed by atoms with van der Waals surface area (Å²) in [6.07, 6.45) is -4.30. The molecule has 0 radical (unpaired) electrons. The van der Waals surface area contributed by atoms with Crippen LogP contribution in [-0.4, -0.2) is 12.8 Å². The van der Waals surface area contributed by atoms with Crippen LogP contribution in [0.2, 0.25) is 0 Å². The van der Waals surface area contributed by atoms with E-state index in [1.54, 1.807) is 6.92 Å². The zero-order valence-electron chi connectivity index (χ0n) is 14.4. The summed E-state index contributed by atoms with van der Waals surface area (Å²) in [4.78, 5) is 0. The molecular formula is C19H14F8O. The van der Waals surface area contributed by atoms with Gasteiger partial charge >= 0.3 is 6.18 Å². The first-order valence-corrected chi connectivity index (χ1v) is 8.05. The maximum atomic E-state index is 13.6. The number of benzene rings is 2. The lowest BCUT2D eigenvalue weighted by molar-refractivity contribution is -0.149. The van der Waals surface area contributed by atoms with Crippen LogP contribution in [0, 0.1) is 29.1 Å². The Labute approximate surface area is 155 Å². The molecule has 0 fully saturated rings. The lowest BCUT2D eigenvalue weighted by atomic mass is 9.94. The first-order valence-electron chi connectivity index (χ1n) is 8.05. The van der Waals surface area contributed by atoms with Gasteiger partial charge in [0.1, 0.15) is 5.75 Å². The molecule has 0 spiro atoms. The van der Waals surface area contributed by atoms with Crippen molar-refractivity contribution >= 4 is 6.08 Å². The second-order valence-electron chi connectivity index (χ2n) is 5.72. The van der Waals surface area contributed by atoms with Gasteiger partial charge < -0.3 is 4.74 Å². The monoisotopic (exact) mass is 410 g/mol. The maximum absolute atomic E-state index is 13.6. The molecule has 0 saturated carbocycles. The summed E-state index contributed by atoms with van der Waals surface area (Å²) in [5.41, 5.74) is -1.44. The van der Waals surface area contributed by atoms with E-state index in [9.17, 15) is 35.1 Å². The predicted octanol–water partition coefficient (Wildman–Crippen LogP) is 6.53. The van der Waals surface area contributed by atoms with E-state index in [1.807, 2.05) is 0 Å². The summed E-state index contributed by atoms with van der Waals surface area (Å²) >= 11 is 0. The van der Waals surface area contributed by atoms with Crippen LogP contribution in [0.25, 0.3) is 6.08 Å². The van der Waals surface area contributed by atoms with Crippen LogP contribution >= 0.6 is 0 Å². The van der Waals surface area contributed by atoms with Gasteiger partial charge in [-0.15, -0.1) is 0 Å². The molecule has 152 valence electrons. The molecule has 2 aromatic carbocycles. The molecule has 0 aromatic heterocycles.